The van der Waals surface area contributed by atoms with Gasteiger partial charge < -0.3 is 5.11 Å². The Labute approximate surface area is 122 Å². The molecule has 3 heteroatoms. The zero-order chi connectivity index (χ0) is 13.1. The summed E-state index contributed by atoms with van der Waals surface area (Å²) in [5.74, 6) is 0. The van der Waals surface area contributed by atoms with Crippen LogP contribution < -0.4 is 0 Å². The maximum absolute atomic E-state index is 10.4. The van der Waals surface area contributed by atoms with Gasteiger partial charge in [0.2, 0.25) is 0 Å². The van der Waals surface area contributed by atoms with Gasteiger partial charge in [0.25, 0.3) is 0 Å². The molecule has 1 aliphatic carbocycles. The first-order valence-electron chi connectivity index (χ1n) is 7.13. The predicted octanol–water partition coefficient (Wildman–Crippen LogP) is 4.74. The summed E-state index contributed by atoms with van der Waals surface area (Å²) in [5, 5.41) is 14.6. The van der Waals surface area contributed by atoms with Gasteiger partial charge in [-0.15, -0.1) is 11.3 Å². The Morgan fingerprint density at radius 3 is 2.95 bits per heavy atom. The van der Waals surface area contributed by atoms with Crippen LogP contribution in [0, 0.1) is 0 Å². The molecule has 0 fully saturated rings. The fourth-order valence-corrected chi connectivity index (χ4v) is 4.72. The van der Waals surface area contributed by atoms with Crippen LogP contribution in [0.1, 0.15) is 52.7 Å². The zero-order valence-corrected chi connectivity index (χ0v) is 12.7. The van der Waals surface area contributed by atoms with Crippen LogP contribution in [-0.2, 0) is 19.3 Å². The molecule has 0 saturated carbocycles. The molecule has 1 nitrogen and oxygen atoms in total. The summed E-state index contributed by atoms with van der Waals surface area (Å²) in [5.41, 5.74) is 2.86. The molecule has 0 radical (unpaired) electrons. The largest absolute Gasteiger partial charge is 0.388 e. The standard InChI is InChI=1S/C16H20OS2/c17-14(7-6-12-8-9-18-11-12)16-10-13-4-2-1-3-5-15(13)19-16/h8-11,14,17H,1-7H2. The lowest BCUT2D eigenvalue weighted by Gasteiger charge is -2.07. The van der Waals surface area contributed by atoms with Crippen molar-refractivity contribution in [3.8, 4) is 0 Å². The van der Waals surface area contributed by atoms with E-state index < -0.39 is 0 Å². The van der Waals surface area contributed by atoms with Crippen molar-refractivity contribution < 1.29 is 5.11 Å². The van der Waals surface area contributed by atoms with E-state index in [1.807, 2.05) is 11.3 Å². The van der Waals surface area contributed by atoms with Gasteiger partial charge in [0.15, 0.2) is 0 Å². The smallest absolute Gasteiger partial charge is 0.0885 e. The molecule has 1 aliphatic rings. The molecule has 0 saturated heterocycles. The molecule has 0 aromatic carbocycles. The van der Waals surface area contributed by atoms with Gasteiger partial charge in [-0.05, 0) is 72.5 Å². The lowest BCUT2D eigenvalue weighted by Crippen LogP contribution is -1.96. The Morgan fingerprint density at radius 2 is 2.11 bits per heavy atom. The van der Waals surface area contributed by atoms with Crippen LogP contribution in [0.15, 0.2) is 22.9 Å². The summed E-state index contributed by atoms with van der Waals surface area (Å²) < 4.78 is 0. The second-order valence-corrected chi connectivity index (χ2v) is 7.29. The maximum atomic E-state index is 10.4. The lowest BCUT2D eigenvalue weighted by atomic mass is 10.1. The molecule has 2 aromatic heterocycles. The quantitative estimate of drug-likeness (QED) is 0.807. The van der Waals surface area contributed by atoms with E-state index in [0.29, 0.717) is 0 Å². The molecule has 0 spiro atoms. The highest BCUT2D eigenvalue weighted by Crippen LogP contribution is 2.33. The van der Waals surface area contributed by atoms with E-state index >= 15 is 0 Å². The molecule has 102 valence electrons. The normalized spacial score (nSPS) is 16.9. The van der Waals surface area contributed by atoms with Crippen molar-refractivity contribution in [3.63, 3.8) is 0 Å². The Morgan fingerprint density at radius 1 is 1.21 bits per heavy atom. The first-order valence-corrected chi connectivity index (χ1v) is 8.89. The molecule has 1 unspecified atom stereocenters. The number of aliphatic hydroxyl groups is 1. The van der Waals surface area contributed by atoms with Crippen LogP contribution >= 0.6 is 22.7 Å². The van der Waals surface area contributed by atoms with Gasteiger partial charge in [0.1, 0.15) is 0 Å². The molecular weight excluding hydrogens is 272 g/mol. The number of thiophene rings is 2. The van der Waals surface area contributed by atoms with E-state index in [0.717, 1.165) is 12.8 Å². The van der Waals surface area contributed by atoms with Crippen LogP contribution in [-0.4, -0.2) is 5.11 Å². The maximum Gasteiger partial charge on any atom is 0.0885 e. The third kappa shape index (κ3) is 3.28. The molecule has 19 heavy (non-hydrogen) atoms. The average Bonchev–Trinajstić information content (AvgIpc) is 3.02. The Hall–Kier alpha value is -0.640. The van der Waals surface area contributed by atoms with E-state index in [9.17, 15) is 5.11 Å². The van der Waals surface area contributed by atoms with Crippen molar-refractivity contribution in [3.05, 3.63) is 43.8 Å². The first-order chi connectivity index (χ1) is 9.33. The van der Waals surface area contributed by atoms with Crippen molar-refractivity contribution in [1.82, 2.24) is 0 Å². The number of fused-ring (bicyclic) bond motifs is 1. The highest BCUT2D eigenvalue weighted by atomic mass is 32.1. The molecule has 3 rings (SSSR count). The van der Waals surface area contributed by atoms with E-state index in [-0.39, 0.29) is 6.10 Å². The highest BCUT2D eigenvalue weighted by Gasteiger charge is 2.16. The van der Waals surface area contributed by atoms with Crippen LogP contribution in [0.4, 0.5) is 0 Å². The number of aryl methyl sites for hydroxylation is 3. The van der Waals surface area contributed by atoms with Gasteiger partial charge in [0.05, 0.1) is 6.10 Å². The molecule has 0 amide bonds. The minimum atomic E-state index is -0.281. The first kappa shape index (κ1) is 13.3. The number of hydrogen-bond donors (Lipinski definition) is 1. The van der Waals surface area contributed by atoms with E-state index in [1.165, 1.54) is 53.0 Å². The molecular formula is C16H20OS2. The predicted molar refractivity (Wildman–Crippen MR) is 83.2 cm³/mol. The van der Waals surface area contributed by atoms with Crippen molar-refractivity contribution >= 4 is 22.7 Å². The van der Waals surface area contributed by atoms with E-state index in [1.54, 1.807) is 11.3 Å². The summed E-state index contributed by atoms with van der Waals surface area (Å²) in [7, 11) is 0. The highest BCUT2D eigenvalue weighted by molar-refractivity contribution is 7.12. The van der Waals surface area contributed by atoms with Gasteiger partial charge in [-0.1, -0.05) is 6.42 Å². The fraction of sp³-hybridized carbons (Fsp3) is 0.500. The summed E-state index contributed by atoms with van der Waals surface area (Å²) in [4.78, 5) is 2.71. The third-order valence-corrected chi connectivity index (χ3v) is 5.95. The van der Waals surface area contributed by atoms with Gasteiger partial charge in [0, 0.05) is 9.75 Å². The van der Waals surface area contributed by atoms with Gasteiger partial charge in [-0.2, -0.15) is 11.3 Å². The third-order valence-electron chi connectivity index (χ3n) is 3.88. The van der Waals surface area contributed by atoms with E-state index in [4.69, 9.17) is 0 Å². The Balaban J connectivity index is 1.64. The van der Waals surface area contributed by atoms with E-state index in [2.05, 4.69) is 22.9 Å². The molecule has 1 atom stereocenters. The van der Waals surface area contributed by atoms with Gasteiger partial charge in [-0.3, -0.25) is 0 Å². The zero-order valence-electron chi connectivity index (χ0n) is 11.1. The molecule has 0 bridgehead atoms. The second-order valence-electron chi connectivity index (χ2n) is 5.34. The lowest BCUT2D eigenvalue weighted by molar-refractivity contribution is 0.171. The molecule has 2 aromatic rings. The monoisotopic (exact) mass is 292 g/mol. The minimum absolute atomic E-state index is 0.281. The molecule has 0 aliphatic heterocycles. The topological polar surface area (TPSA) is 20.2 Å². The molecule has 1 N–H and O–H groups in total. The van der Waals surface area contributed by atoms with Crippen molar-refractivity contribution in [1.29, 1.82) is 0 Å². The van der Waals surface area contributed by atoms with Gasteiger partial charge >= 0.3 is 0 Å². The fourth-order valence-electron chi connectivity index (χ4n) is 2.74. The Bertz CT molecular complexity index is 489. The van der Waals surface area contributed by atoms with Crippen molar-refractivity contribution in [2.24, 2.45) is 0 Å². The van der Waals surface area contributed by atoms with Crippen LogP contribution in [0.3, 0.4) is 0 Å². The number of hydrogen-bond acceptors (Lipinski definition) is 3. The Kier molecular flexibility index (Phi) is 4.36. The minimum Gasteiger partial charge on any atom is -0.388 e. The average molecular weight is 292 g/mol. The number of aliphatic hydroxyl groups excluding tert-OH is 1. The summed E-state index contributed by atoms with van der Waals surface area (Å²) in [6.07, 6.45) is 7.96. The van der Waals surface area contributed by atoms with Crippen LogP contribution in [0.25, 0.3) is 0 Å². The molecule has 2 heterocycles. The van der Waals surface area contributed by atoms with Crippen LogP contribution in [0.5, 0.6) is 0 Å². The van der Waals surface area contributed by atoms with Gasteiger partial charge in [-0.25, -0.2) is 0 Å². The van der Waals surface area contributed by atoms with Crippen LogP contribution in [0.2, 0.25) is 0 Å². The summed E-state index contributed by atoms with van der Waals surface area (Å²) >= 11 is 3.58. The summed E-state index contributed by atoms with van der Waals surface area (Å²) in [6.45, 7) is 0. The van der Waals surface area contributed by atoms with Crippen molar-refractivity contribution in [2.75, 3.05) is 0 Å². The second kappa shape index (κ2) is 6.21. The number of rotatable bonds is 4. The summed E-state index contributed by atoms with van der Waals surface area (Å²) in [6, 6.07) is 4.42. The van der Waals surface area contributed by atoms with Crippen molar-refractivity contribution in [2.45, 2.75) is 51.0 Å². The SMILES string of the molecule is OC(CCc1ccsc1)c1cc2c(s1)CCCCC2.